The van der Waals surface area contributed by atoms with E-state index < -0.39 is 0 Å². The normalized spacial score (nSPS) is 17.2. The van der Waals surface area contributed by atoms with Gasteiger partial charge in [-0.15, -0.1) is 0 Å². The molecule has 1 aliphatic rings. The molecule has 0 aromatic heterocycles. The first-order valence-corrected chi connectivity index (χ1v) is 7.35. The number of halogens is 1. The number of nitrogens with zero attached hydrogens (tertiary/aromatic N) is 1. The first-order chi connectivity index (χ1) is 8.74. The lowest BCUT2D eigenvalue weighted by molar-refractivity contribution is 0.395. The van der Waals surface area contributed by atoms with Gasteiger partial charge >= 0.3 is 0 Å². The van der Waals surface area contributed by atoms with Gasteiger partial charge in [0.1, 0.15) is 0 Å². The highest BCUT2D eigenvalue weighted by Crippen LogP contribution is 2.28. The summed E-state index contributed by atoms with van der Waals surface area (Å²) in [4.78, 5) is 2.45. The van der Waals surface area contributed by atoms with Crippen LogP contribution in [0.2, 0.25) is 5.02 Å². The number of hydrogen-bond donors (Lipinski definition) is 1. The SMILES string of the molecule is CCC1CCN(c2ccc(CCN)c(Cl)c2)CC1. The van der Waals surface area contributed by atoms with Crippen LogP contribution in [0.1, 0.15) is 31.7 Å². The van der Waals surface area contributed by atoms with E-state index in [-0.39, 0.29) is 0 Å². The fourth-order valence-electron chi connectivity index (χ4n) is 2.69. The van der Waals surface area contributed by atoms with E-state index in [2.05, 4.69) is 30.0 Å². The minimum absolute atomic E-state index is 0.654. The highest BCUT2D eigenvalue weighted by atomic mass is 35.5. The van der Waals surface area contributed by atoms with Crippen LogP contribution in [0.5, 0.6) is 0 Å². The molecule has 18 heavy (non-hydrogen) atoms. The molecule has 2 rings (SSSR count). The molecule has 0 radical (unpaired) electrons. The van der Waals surface area contributed by atoms with Crippen LogP contribution in [0.3, 0.4) is 0 Å². The summed E-state index contributed by atoms with van der Waals surface area (Å²) in [5.74, 6) is 0.910. The van der Waals surface area contributed by atoms with Crippen molar-refractivity contribution in [2.75, 3.05) is 24.5 Å². The Morgan fingerprint density at radius 2 is 2.06 bits per heavy atom. The quantitative estimate of drug-likeness (QED) is 0.904. The summed E-state index contributed by atoms with van der Waals surface area (Å²) in [5, 5.41) is 0.857. The van der Waals surface area contributed by atoms with Crippen molar-refractivity contribution >= 4 is 17.3 Å². The predicted molar refractivity (Wildman–Crippen MR) is 79.4 cm³/mol. The van der Waals surface area contributed by atoms with Crippen molar-refractivity contribution in [3.05, 3.63) is 28.8 Å². The van der Waals surface area contributed by atoms with Gasteiger partial charge in [0.15, 0.2) is 0 Å². The molecule has 0 aliphatic carbocycles. The molecule has 3 heteroatoms. The van der Waals surface area contributed by atoms with E-state index in [0.29, 0.717) is 6.54 Å². The summed E-state index contributed by atoms with van der Waals surface area (Å²) < 4.78 is 0. The van der Waals surface area contributed by atoms with E-state index >= 15 is 0 Å². The van der Waals surface area contributed by atoms with Gasteiger partial charge in [-0.05, 0) is 49.4 Å². The van der Waals surface area contributed by atoms with Gasteiger partial charge in [-0.1, -0.05) is 31.0 Å². The lowest BCUT2D eigenvalue weighted by Gasteiger charge is -2.33. The minimum Gasteiger partial charge on any atom is -0.371 e. The summed E-state index contributed by atoms with van der Waals surface area (Å²) in [7, 11) is 0. The standard InChI is InChI=1S/C15H23ClN2/c1-2-12-6-9-18(10-7-12)14-4-3-13(5-8-17)15(16)11-14/h3-4,11-12H,2,5-10,17H2,1H3. The molecule has 1 aromatic carbocycles. The topological polar surface area (TPSA) is 29.3 Å². The van der Waals surface area contributed by atoms with Crippen LogP contribution in [-0.2, 0) is 6.42 Å². The molecule has 1 heterocycles. The van der Waals surface area contributed by atoms with Crippen molar-refractivity contribution in [2.24, 2.45) is 11.7 Å². The number of rotatable bonds is 4. The Labute approximate surface area is 115 Å². The van der Waals surface area contributed by atoms with Gasteiger partial charge in [-0.3, -0.25) is 0 Å². The van der Waals surface area contributed by atoms with E-state index in [1.165, 1.54) is 24.9 Å². The molecule has 0 atom stereocenters. The van der Waals surface area contributed by atoms with Gasteiger partial charge in [0.2, 0.25) is 0 Å². The fraction of sp³-hybridized carbons (Fsp3) is 0.600. The Balaban J connectivity index is 2.03. The maximum absolute atomic E-state index is 6.30. The molecule has 1 fully saturated rings. The molecular weight excluding hydrogens is 244 g/mol. The maximum atomic E-state index is 6.30. The molecule has 2 N–H and O–H groups in total. The number of piperidine rings is 1. The molecule has 1 aliphatic heterocycles. The molecular formula is C15H23ClN2. The Kier molecular flexibility index (Phi) is 4.90. The Hall–Kier alpha value is -0.730. The van der Waals surface area contributed by atoms with Crippen LogP contribution in [0, 0.1) is 5.92 Å². The van der Waals surface area contributed by atoms with Crippen molar-refractivity contribution in [1.82, 2.24) is 0 Å². The molecule has 0 amide bonds. The first-order valence-electron chi connectivity index (χ1n) is 6.98. The van der Waals surface area contributed by atoms with E-state index in [1.807, 2.05) is 0 Å². The summed E-state index contributed by atoms with van der Waals surface area (Å²) >= 11 is 6.30. The van der Waals surface area contributed by atoms with Crippen LogP contribution in [0.15, 0.2) is 18.2 Å². The van der Waals surface area contributed by atoms with Gasteiger partial charge in [-0.25, -0.2) is 0 Å². The zero-order valence-electron chi connectivity index (χ0n) is 11.2. The average molecular weight is 267 g/mol. The molecule has 0 spiro atoms. The number of benzene rings is 1. The van der Waals surface area contributed by atoms with E-state index in [0.717, 1.165) is 36.0 Å². The van der Waals surface area contributed by atoms with Crippen LogP contribution < -0.4 is 10.6 Å². The van der Waals surface area contributed by atoms with Crippen molar-refractivity contribution in [3.63, 3.8) is 0 Å². The molecule has 1 saturated heterocycles. The molecule has 0 bridgehead atoms. The van der Waals surface area contributed by atoms with Gasteiger partial charge in [0.05, 0.1) is 0 Å². The van der Waals surface area contributed by atoms with Crippen LogP contribution in [-0.4, -0.2) is 19.6 Å². The largest absolute Gasteiger partial charge is 0.371 e. The predicted octanol–water partition coefficient (Wildman–Crippen LogP) is 3.47. The fourth-order valence-corrected chi connectivity index (χ4v) is 2.96. The van der Waals surface area contributed by atoms with E-state index in [4.69, 9.17) is 17.3 Å². The van der Waals surface area contributed by atoms with E-state index in [9.17, 15) is 0 Å². The molecule has 2 nitrogen and oxygen atoms in total. The van der Waals surface area contributed by atoms with Crippen LogP contribution in [0.4, 0.5) is 5.69 Å². The highest BCUT2D eigenvalue weighted by molar-refractivity contribution is 6.31. The van der Waals surface area contributed by atoms with Crippen molar-refractivity contribution in [3.8, 4) is 0 Å². The van der Waals surface area contributed by atoms with Crippen molar-refractivity contribution < 1.29 is 0 Å². The molecule has 100 valence electrons. The smallest absolute Gasteiger partial charge is 0.0459 e. The monoisotopic (exact) mass is 266 g/mol. The molecule has 0 unspecified atom stereocenters. The summed E-state index contributed by atoms with van der Waals surface area (Å²) in [5.41, 5.74) is 7.99. The highest BCUT2D eigenvalue weighted by Gasteiger charge is 2.18. The third-order valence-corrected chi connectivity index (χ3v) is 4.36. The number of nitrogens with two attached hydrogens (primary N) is 1. The summed E-state index contributed by atoms with van der Waals surface area (Å²) in [6.07, 6.45) is 4.78. The van der Waals surface area contributed by atoms with E-state index in [1.54, 1.807) is 0 Å². The van der Waals surface area contributed by atoms with Crippen molar-refractivity contribution in [2.45, 2.75) is 32.6 Å². The summed E-state index contributed by atoms with van der Waals surface area (Å²) in [6, 6.07) is 6.40. The van der Waals surface area contributed by atoms with Crippen molar-refractivity contribution in [1.29, 1.82) is 0 Å². The Bertz CT molecular complexity index is 384. The molecule has 1 aromatic rings. The first kappa shape index (κ1) is 13.7. The van der Waals surface area contributed by atoms with Gasteiger partial charge < -0.3 is 10.6 Å². The zero-order chi connectivity index (χ0) is 13.0. The lowest BCUT2D eigenvalue weighted by Crippen LogP contribution is -2.33. The number of hydrogen-bond acceptors (Lipinski definition) is 2. The summed E-state index contributed by atoms with van der Waals surface area (Å²) in [6.45, 7) is 5.26. The zero-order valence-corrected chi connectivity index (χ0v) is 11.9. The molecule has 0 saturated carbocycles. The average Bonchev–Trinajstić information content (AvgIpc) is 2.41. The second-order valence-electron chi connectivity index (χ2n) is 5.15. The Morgan fingerprint density at radius 3 is 2.61 bits per heavy atom. The second kappa shape index (κ2) is 6.44. The maximum Gasteiger partial charge on any atom is 0.0459 e. The van der Waals surface area contributed by atoms with Crippen LogP contribution >= 0.6 is 11.6 Å². The van der Waals surface area contributed by atoms with Gasteiger partial charge in [0, 0.05) is 23.8 Å². The second-order valence-corrected chi connectivity index (χ2v) is 5.56. The van der Waals surface area contributed by atoms with Gasteiger partial charge in [-0.2, -0.15) is 0 Å². The lowest BCUT2D eigenvalue weighted by atomic mass is 9.94. The third-order valence-electron chi connectivity index (χ3n) is 4.01. The number of anilines is 1. The van der Waals surface area contributed by atoms with Gasteiger partial charge in [0.25, 0.3) is 0 Å². The van der Waals surface area contributed by atoms with Crippen LogP contribution in [0.25, 0.3) is 0 Å². The Morgan fingerprint density at radius 1 is 1.33 bits per heavy atom. The third kappa shape index (κ3) is 3.18. The minimum atomic E-state index is 0.654.